The van der Waals surface area contributed by atoms with Crippen LogP contribution < -0.4 is 10.5 Å². The van der Waals surface area contributed by atoms with Gasteiger partial charge in [0.05, 0.1) is 4.90 Å². The summed E-state index contributed by atoms with van der Waals surface area (Å²) in [5.41, 5.74) is 6.69. The molecule has 0 spiro atoms. The van der Waals surface area contributed by atoms with E-state index in [1.165, 1.54) is 0 Å². The van der Waals surface area contributed by atoms with E-state index in [-0.39, 0.29) is 17.0 Å². The summed E-state index contributed by atoms with van der Waals surface area (Å²) in [6.45, 7) is 10.4. The van der Waals surface area contributed by atoms with Crippen molar-refractivity contribution in [1.82, 2.24) is 9.62 Å². The summed E-state index contributed by atoms with van der Waals surface area (Å²) < 4.78 is 27.4. The first kappa shape index (κ1) is 18.1. The summed E-state index contributed by atoms with van der Waals surface area (Å²) in [6.07, 6.45) is 0. The molecule has 0 aliphatic rings. The van der Waals surface area contributed by atoms with Crippen molar-refractivity contribution >= 4 is 10.0 Å². The van der Waals surface area contributed by atoms with Gasteiger partial charge in [0.15, 0.2) is 0 Å². The smallest absolute Gasteiger partial charge is 0.240 e. The lowest BCUT2D eigenvalue weighted by molar-refractivity contribution is 0.282. The third-order valence-corrected chi connectivity index (χ3v) is 5.10. The van der Waals surface area contributed by atoms with Crippen molar-refractivity contribution in [2.45, 2.75) is 44.7 Å². The van der Waals surface area contributed by atoms with E-state index in [1.807, 2.05) is 13.8 Å². The summed E-state index contributed by atoms with van der Waals surface area (Å²) >= 11 is 0. The van der Waals surface area contributed by atoms with Crippen LogP contribution in [0.15, 0.2) is 29.2 Å². The molecule has 0 bridgehead atoms. The van der Waals surface area contributed by atoms with Crippen molar-refractivity contribution in [3.63, 3.8) is 0 Å². The minimum Gasteiger partial charge on any atom is -0.324 e. The van der Waals surface area contributed by atoms with Crippen LogP contribution in [0.4, 0.5) is 0 Å². The predicted octanol–water partition coefficient (Wildman–Crippen LogP) is 1.71. The summed E-state index contributed by atoms with van der Waals surface area (Å²) in [7, 11) is -3.48. The van der Waals surface area contributed by atoms with Crippen molar-refractivity contribution in [2.24, 2.45) is 5.73 Å². The van der Waals surface area contributed by atoms with Gasteiger partial charge in [0.2, 0.25) is 10.0 Å². The van der Waals surface area contributed by atoms with Crippen molar-refractivity contribution < 1.29 is 8.42 Å². The number of benzene rings is 1. The zero-order valence-corrected chi connectivity index (χ0v) is 14.2. The molecule has 0 aliphatic carbocycles. The maximum atomic E-state index is 12.3. The van der Waals surface area contributed by atoms with E-state index in [9.17, 15) is 8.42 Å². The monoisotopic (exact) mass is 313 g/mol. The number of hydrogen-bond acceptors (Lipinski definition) is 4. The molecule has 1 aromatic rings. The second-order valence-electron chi connectivity index (χ2n) is 5.37. The minimum absolute atomic E-state index is 0.101. The molecular formula is C15H27N3O2S. The van der Waals surface area contributed by atoms with Gasteiger partial charge < -0.3 is 10.6 Å². The standard InChI is InChI=1S/C15H27N3O2S/c1-5-18(6-2)11-12(3)17-21(19,20)15-9-7-14(8-10-15)13(4)16/h7-10,12-13,17H,5-6,11,16H2,1-4H3. The summed E-state index contributed by atoms with van der Waals surface area (Å²) in [5.74, 6) is 0. The number of rotatable bonds is 8. The van der Waals surface area contributed by atoms with Gasteiger partial charge in [-0.1, -0.05) is 26.0 Å². The van der Waals surface area contributed by atoms with Gasteiger partial charge in [-0.3, -0.25) is 0 Å². The van der Waals surface area contributed by atoms with Crippen LogP contribution in [0, 0.1) is 0 Å². The number of sulfonamides is 1. The Kier molecular flexibility index (Phi) is 6.80. The molecule has 0 amide bonds. The number of likely N-dealkylation sites (N-methyl/N-ethyl adjacent to an activating group) is 1. The lowest BCUT2D eigenvalue weighted by atomic mass is 10.1. The predicted molar refractivity (Wildman–Crippen MR) is 86.6 cm³/mol. The van der Waals surface area contributed by atoms with E-state index in [1.54, 1.807) is 24.3 Å². The van der Waals surface area contributed by atoms with Crippen LogP contribution in [0.5, 0.6) is 0 Å². The van der Waals surface area contributed by atoms with Crippen molar-refractivity contribution in [2.75, 3.05) is 19.6 Å². The lowest BCUT2D eigenvalue weighted by Crippen LogP contribution is -2.41. The molecule has 5 nitrogen and oxygen atoms in total. The fourth-order valence-corrected chi connectivity index (χ4v) is 3.42. The van der Waals surface area contributed by atoms with E-state index in [0.717, 1.165) is 18.7 Å². The Labute approximate surface area is 128 Å². The van der Waals surface area contributed by atoms with Gasteiger partial charge in [0.25, 0.3) is 0 Å². The molecular weight excluding hydrogens is 286 g/mol. The molecule has 1 aromatic carbocycles. The van der Waals surface area contributed by atoms with E-state index in [4.69, 9.17) is 5.73 Å². The molecule has 0 aromatic heterocycles. The highest BCUT2D eigenvalue weighted by Gasteiger charge is 2.18. The maximum Gasteiger partial charge on any atom is 0.240 e. The van der Waals surface area contributed by atoms with Crippen LogP contribution in [0.3, 0.4) is 0 Å². The molecule has 2 unspecified atom stereocenters. The SMILES string of the molecule is CCN(CC)CC(C)NS(=O)(=O)c1ccc(C(C)N)cc1. The fraction of sp³-hybridized carbons (Fsp3) is 0.600. The molecule has 6 heteroatoms. The first-order chi connectivity index (χ1) is 9.80. The molecule has 0 saturated heterocycles. The van der Waals surface area contributed by atoms with Gasteiger partial charge in [-0.25, -0.2) is 13.1 Å². The van der Waals surface area contributed by atoms with Crippen molar-refractivity contribution in [3.8, 4) is 0 Å². The number of nitrogens with two attached hydrogens (primary N) is 1. The largest absolute Gasteiger partial charge is 0.324 e. The first-order valence-electron chi connectivity index (χ1n) is 7.40. The second-order valence-corrected chi connectivity index (χ2v) is 7.08. The highest BCUT2D eigenvalue weighted by molar-refractivity contribution is 7.89. The average Bonchev–Trinajstić information content (AvgIpc) is 2.44. The van der Waals surface area contributed by atoms with Crippen LogP contribution in [0.2, 0.25) is 0 Å². The van der Waals surface area contributed by atoms with Crippen molar-refractivity contribution in [3.05, 3.63) is 29.8 Å². The Morgan fingerprint density at radius 2 is 1.67 bits per heavy atom. The molecule has 0 heterocycles. The van der Waals surface area contributed by atoms with Gasteiger partial charge in [-0.15, -0.1) is 0 Å². The Morgan fingerprint density at radius 1 is 1.14 bits per heavy atom. The quantitative estimate of drug-likeness (QED) is 0.766. The summed E-state index contributed by atoms with van der Waals surface area (Å²) in [4.78, 5) is 2.46. The van der Waals surface area contributed by atoms with E-state index in [2.05, 4.69) is 23.5 Å². The molecule has 1 rings (SSSR count). The van der Waals surface area contributed by atoms with Gasteiger partial charge in [-0.05, 0) is 44.6 Å². The highest BCUT2D eigenvalue weighted by Crippen LogP contribution is 2.15. The topological polar surface area (TPSA) is 75.4 Å². The summed E-state index contributed by atoms with van der Waals surface area (Å²) in [6, 6.07) is 6.48. The zero-order valence-electron chi connectivity index (χ0n) is 13.3. The lowest BCUT2D eigenvalue weighted by Gasteiger charge is -2.23. The van der Waals surface area contributed by atoms with Gasteiger partial charge in [-0.2, -0.15) is 0 Å². The second kappa shape index (κ2) is 7.89. The minimum atomic E-state index is -3.48. The Hall–Kier alpha value is -0.950. The number of nitrogens with zero attached hydrogens (tertiary/aromatic N) is 1. The molecule has 0 saturated carbocycles. The molecule has 21 heavy (non-hydrogen) atoms. The molecule has 120 valence electrons. The summed E-state index contributed by atoms with van der Waals surface area (Å²) in [5, 5.41) is 0. The Bertz CT molecular complexity index is 522. The van der Waals surface area contributed by atoms with Gasteiger partial charge in [0.1, 0.15) is 0 Å². The molecule has 0 radical (unpaired) electrons. The molecule has 0 fully saturated rings. The third kappa shape index (κ3) is 5.39. The van der Waals surface area contributed by atoms with Gasteiger partial charge in [0, 0.05) is 18.6 Å². The molecule has 0 aliphatic heterocycles. The average molecular weight is 313 g/mol. The van der Waals surface area contributed by atoms with Crippen LogP contribution in [0.1, 0.15) is 39.3 Å². The van der Waals surface area contributed by atoms with Crippen LogP contribution >= 0.6 is 0 Å². The van der Waals surface area contributed by atoms with E-state index < -0.39 is 10.0 Å². The Morgan fingerprint density at radius 3 is 2.10 bits per heavy atom. The normalized spacial score (nSPS) is 15.1. The zero-order chi connectivity index (χ0) is 16.0. The van der Waals surface area contributed by atoms with Gasteiger partial charge >= 0.3 is 0 Å². The van der Waals surface area contributed by atoms with Crippen LogP contribution in [-0.4, -0.2) is 39.0 Å². The highest BCUT2D eigenvalue weighted by atomic mass is 32.2. The number of hydrogen-bond donors (Lipinski definition) is 2. The fourth-order valence-electron chi connectivity index (χ4n) is 2.19. The third-order valence-electron chi connectivity index (χ3n) is 3.50. The maximum absolute atomic E-state index is 12.3. The van der Waals surface area contributed by atoms with E-state index >= 15 is 0 Å². The van der Waals surface area contributed by atoms with E-state index in [0.29, 0.717) is 6.54 Å². The van der Waals surface area contributed by atoms with Crippen LogP contribution in [-0.2, 0) is 10.0 Å². The number of nitrogens with one attached hydrogen (secondary N) is 1. The van der Waals surface area contributed by atoms with Crippen molar-refractivity contribution in [1.29, 1.82) is 0 Å². The molecule has 3 N–H and O–H groups in total. The first-order valence-corrected chi connectivity index (χ1v) is 8.88. The molecule has 2 atom stereocenters. The van der Waals surface area contributed by atoms with Crippen LogP contribution in [0.25, 0.3) is 0 Å². The Balaban J connectivity index is 2.76.